The lowest BCUT2D eigenvalue weighted by atomic mass is 9.78. The minimum Gasteiger partial charge on any atom is -0.507 e. The van der Waals surface area contributed by atoms with Crippen LogP contribution in [-0.2, 0) is 30.3 Å². The van der Waals surface area contributed by atoms with Gasteiger partial charge in [0.25, 0.3) is 11.7 Å². The lowest BCUT2D eigenvalue weighted by molar-refractivity contribution is -0.160. The molecule has 0 aliphatic carbocycles. The smallest absolute Gasteiger partial charge is 0.312 e. The Balaban J connectivity index is 1.47. The average Bonchev–Trinajstić information content (AvgIpc) is 3.57. The van der Waals surface area contributed by atoms with Gasteiger partial charge in [0.15, 0.2) is 5.75 Å². The monoisotopic (exact) mass is 956 g/mol. The zero-order valence-electron chi connectivity index (χ0n) is 41.5. The highest BCUT2D eigenvalue weighted by Gasteiger charge is 2.50. The topological polar surface area (TPSA) is 229 Å². The van der Waals surface area contributed by atoms with Gasteiger partial charge in [-0.25, -0.2) is 0 Å². The Labute approximate surface area is 403 Å². The van der Waals surface area contributed by atoms with E-state index in [1.54, 1.807) is 47.0 Å². The van der Waals surface area contributed by atoms with Crippen molar-refractivity contribution < 1.29 is 63.6 Å². The van der Waals surface area contributed by atoms with Crippen LogP contribution in [0.5, 0.6) is 28.7 Å². The molecule has 4 aliphatic rings. The summed E-state index contributed by atoms with van der Waals surface area (Å²) in [6, 6.07) is 7.62. The van der Waals surface area contributed by atoms with Gasteiger partial charge < -0.3 is 54.5 Å². The van der Waals surface area contributed by atoms with E-state index in [2.05, 4.69) is 10.2 Å². The number of phenols is 3. The van der Waals surface area contributed by atoms with E-state index >= 15 is 0 Å². The highest BCUT2D eigenvalue weighted by Crippen LogP contribution is 2.55. The second kappa shape index (κ2) is 21.2. The van der Waals surface area contributed by atoms with Gasteiger partial charge in [-0.1, -0.05) is 58.1 Å². The number of hydrogen-bond acceptors (Lipinski definition) is 16. The van der Waals surface area contributed by atoms with Crippen LogP contribution < -0.4 is 14.8 Å². The summed E-state index contributed by atoms with van der Waals surface area (Å²) in [4.78, 5) is 43.4. The number of piperazine rings is 1. The number of aliphatic hydroxyl groups is 2. The Morgan fingerprint density at radius 1 is 0.899 bits per heavy atom. The molecular formula is C52H68N4O13. The van der Waals surface area contributed by atoms with Gasteiger partial charge in [-0.2, -0.15) is 5.10 Å². The number of allylic oxidation sites excluding steroid dienone is 2. The van der Waals surface area contributed by atoms with E-state index in [1.807, 2.05) is 43.1 Å². The van der Waals surface area contributed by atoms with E-state index in [1.165, 1.54) is 59.4 Å². The molecule has 6 N–H and O–H groups in total. The van der Waals surface area contributed by atoms with Crippen LogP contribution in [-0.4, -0.2) is 129 Å². The van der Waals surface area contributed by atoms with Gasteiger partial charge in [-0.3, -0.25) is 24.3 Å². The molecular weight excluding hydrogens is 889 g/mol. The number of nitrogens with zero attached hydrogens (tertiary/aromatic N) is 3. The van der Waals surface area contributed by atoms with Crippen molar-refractivity contribution in [1.82, 2.24) is 9.91 Å². The number of aliphatic hydroxyl groups excluding tert-OH is 2. The number of methoxy groups -OCH3 is 2. The standard InChI is InChI=1S/C52H68N4O13/c1-26-14-13-15-27(2)51(64)54-42-37(22-53-56-28(3)23-55(24-29(56)4)25-35-16-18-36(65-11)19-17-35)46(61)39-40(47(42)62)45(60)33(8)49-41(39)50(63)52(10,69-49)67-21-20-38(66-12)30(5)48(68-34(9)57)32(7)44(59)31(6)43(26)58/h13-22,26,28-32,38,43-44,48,58-62H,23-25H2,1-12H3,(H,54,64)/b14-13+,21-20+,27-15-,53-22+/t26-,28?,29?,30-,31-,32-,38+,43+,44-,48-,52+/m1/s1. The highest BCUT2D eigenvalue weighted by atomic mass is 16.7. The van der Waals surface area contributed by atoms with Crippen LogP contribution in [0.25, 0.3) is 10.8 Å². The molecule has 7 rings (SSSR count). The van der Waals surface area contributed by atoms with Crippen LogP contribution in [0.4, 0.5) is 5.69 Å². The number of phenolic OH excluding ortho intramolecular Hbond substituents is 3. The van der Waals surface area contributed by atoms with E-state index in [4.69, 9.17) is 28.8 Å². The summed E-state index contributed by atoms with van der Waals surface area (Å²) < 4.78 is 29.1. The number of rotatable bonds is 7. The normalized spacial score (nSPS) is 31.2. The predicted octanol–water partition coefficient (Wildman–Crippen LogP) is 6.69. The summed E-state index contributed by atoms with van der Waals surface area (Å²) in [5.74, 6) is -7.76. The summed E-state index contributed by atoms with van der Waals surface area (Å²) in [6.45, 7) is 18.5. The van der Waals surface area contributed by atoms with Crippen molar-refractivity contribution in [2.24, 2.45) is 28.8 Å². The Kier molecular flexibility index (Phi) is 16.1. The second-order valence-electron chi connectivity index (χ2n) is 19.0. The first kappa shape index (κ1) is 52.2. The van der Waals surface area contributed by atoms with E-state index in [-0.39, 0.29) is 56.6 Å². The molecule has 0 aromatic heterocycles. The number of aromatic hydroxyl groups is 3. The molecule has 3 aromatic carbocycles. The number of fused-ring (bicyclic) bond motifs is 14. The number of carbonyl (C=O) groups excluding carboxylic acids is 3. The number of benzene rings is 3. The lowest BCUT2D eigenvalue weighted by Crippen LogP contribution is -2.54. The number of hydrazone groups is 1. The van der Waals surface area contributed by atoms with Gasteiger partial charge in [-0.05, 0) is 51.5 Å². The van der Waals surface area contributed by atoms with Crippen LogP contribution in [0.1, 0.15) is 89.4 Å². The maximum atomic E-state index is 14.7. The SMILES string of the molecule is COc1ccc(CN2CC(C)N(/N=C/c3c4c(O)c5c(O)c(C)c6c(c5c3O)C(=O)[C@@](C)(O/C=C/[C@H](OC)[C@@H](C)[C@@H](OC(C)=O)[C@H](C)[C@H](O)[C@H](C)[C@@H](O)[C@H](C)/C=C/C=C(/C)C(=O)N4)O6)C(C)C2)cc1. The molecule has 17 heteroatoms. The van der Waals surface area contributed by atoms with Gasteiger partial charge in [0.1, 0.15) is 29.1 Å². The molecule has 1 amide bonds. The largest absolute Gasteiger partial charge is 0.507 e. The highest BCUT2D eigenvalue weighted by molar-refractivity contribution is 6.23. The number of hydrogen-bond donors (Lipinski definition) is 6. The van der Waals surface area contributed by atoms with E-state index in [0.717, 1.165) is 11.3 Å². The van der Waals surface area contributed by atoms with Crippen molar-refractivity contribution in [1.29, 1.82) is 0 Å². The molecule has 0 spiro atoms. The fraction of sp³-hybridized carbons (Fsp3) is 0.500. The molecule has 11 atom stereocenters. The lowest BCUT2D eigenvalue weighted by Gasteiger charge is -2.42. The summed E-state index contributed by atoms with van der Waals surface area (Å²) in [5, 5.41) is 68.2. The molecule has 374 valence electrons. The number of nitrogens with one attached hydrogen (secondary N) is 1. The summed E-state index contributed by atoms with van der Waals surface area (Å²) in [5.41, 5.74) is 0.686. The number of esters is 1. The van der Waals surface area contributed by atoms with Crippen LogP contribution in [0.15, 0.2) is 65.5 Å². The Bertz CT molecular complexity index is 2530. The zero-order chi connectivity index (χ0) is 50.8. The van der Waals surface area contributed by atoms with Gasteiger partial charge >= 0.3 is 11.8 Å². The van der Waals surface area contributed by atoms with Gasteiger partial charge in [0.05, 0.1) is 72.2 Å². The molecule has 4 heterocycles. The quantitative estimate of drug-likeness (QED) is 0.0627. The molecule has 2 unspecified atom stereocenters. The number of Topliss-reactive ketones (excluding diaryl/α,β-unsaturated/α-hetero) is 1. The molecule has 4 aliphatic heterocycles. The molecule has 5 bridgehead atoms. The number of anilines is 1. The van der Waals surface area contributed by atoms with Crippen LogP contribution in [0.3, 0.4) is 0 Å². The summed E-state index contributed by atoms with van der Waals surface area (Å²) in [6.07, 6.45) is 4.84. The number of ketones is 1. The maximum absolute atomic E-state index is 14.7. The van der Waals surface area contributed by atoms with Crippen molar-refractivity contribution in [3.05, 3.63) is 82.7 Å². The Morgan fingerprint density at radius 2 is 1.55 bits per heavy atom. The minimum absolute atomic E-state index is 0.0446. The fourth-order valence-electron chi connectivity index (χ4n) is 9.77. The first-order valence-corrected chi connectivity index (χ1v) is 23.3. The average molecular weight is 957 g/mol. The van der Waals surface area contributed by atoms with Crippen LogP contribution in [0.2, 0.25) is 0 Å². The second-order valence-corrected chi connectivity index (χ2v) is 19.0. The van der Waals surface area contributed by atoms with Crippen molar-refractivity contribution in [3.63, 3.8) is 0 Å². The molecule has 1 fully saturated rings. The van der Waals surface area contributed by atoms with Crippen molar-refractivity contribution >= 4 is 40.3 Å². The van der Waals surface area contributed by atoms with Crippen LogP contribution >= 0.6 is 0 Å². The van der Waals surface area contributed by atoms with Gasteiger partial charge in [0, 0.05) is 80.8 Å². The summed E-state index contributed by atoms with van der Waals surface area (Å²) in [7, 11) is 3.06. The number of amides is 1. The third-order valence-electron chi connectivity index (χ3n) is 13.9. The van der Waals surface area contributed by atoms with Crippen molar-refractivity contribution in [3.8, 4) is 28.7 Å². The van der Waals surface area contributed by atoms with E-state index in [9.17, 15) is 39.9 Å². The minimum atomic E-state index is -2.07. The third-order valence-corrected chi connectivity index (χ3v) is 13.9. The van der Waals surface area contributed by atoms with Crippen LogP contribution in [0, 0.1) is 30.6 Å². The molecule has 69 heavy (non-hydrogen) atoms. The Hall–Kier alpha value is -6.14. The zero-order valence-corrected chi connectivity index (χ0v) is 41.5. The van der Waals surface area contributed by atoms with Gasteiger partial charge in [0.2, 0.25) is 0 Å². The summed E-state index contributed by atoms with van der Waals surface area (Å²) >= 11 is 0. The molecule has 0 saturated carbocycles. The van der Waals surface area contributed by atoms with Gasteiger partial charge in [-0.15, -0.1) is 0 Å². The number of ether oxygens (including phenoxy) is 5. The third kappa shape index (κ3) is 10.6. The molecule has 17 nitrogen and oxygen atoms in total. The fourth-order valence-corrected chi connectivity index (χ4v) is 9.77. The first-order valence-electron chi connectivity index (χ1n) is 23.3. The molecule has 1 saturated heterocycles. The van der Waals surface area contributed by atoms with Crippen molar-refractivity contribution in [2.75, 3.05) is 32.6 Å². The Morgan fingerprint density at radius 3 is 2.16 bits per heavy atom. The van der Waals surface area contributed by atoms with E-state index < -0.39 is 88.8 Å². The van der Waals surface area contributed by atoms with Crippen molar-refractivity contribution in [2.45, 2.75) is 118 Å². The maximum Gasteiger partial charge on any atom is 0.312 e. The van der Waals surface area contributed by atoms with E-state index in [0.29, 0.717) is 19.6 Å². The molecule has 0 radical (unpaired) electrons. The molecule has 3 aromatic rings. The number of carbonyl (C=O) groups is 3. The first-order chi connectivity index (χ1) is 32.5. The predicted molar refractivity (Wildman–Crippen MR) is 260 cm³/mol.